The summed E-state index contributed by atoms with van der Waals surface area (Å²) in [4.78, 5) is 17.7. The van der Waals surface area contributed by atoms with E-state index in [4.69, 9.17) is 5.21 Å². The number of alkyl halides is 3. The number of nitrogens with one attached hydrogen (secondary N) is 2. The Morgan fingerprint density at radius 2 is 1.81 bits per heavy atom. The number of pyridine rings is 1. The quantitative estimate of drug-likeness (QED) is 0.529. The lowest BCUT2D eigenvalue weighted by Gasteiger charge is -2.31. The monoisotopic (exact) mass is 382 g/mol. The van der Waals surface area contributed by atoms with Crippen LogP contribution < -0.4 is 10.8 Å². The Kier molecular flexibility index (Phi) is 6.53. The molecule has 3 N–H and O–H groups in total. The zero-order valence-corrected chi connectivity index (χ0v) is 15.1. The molecule has 2 unspecified atom stereocenters. The van der Waals surface area contributed by atoms with Gasteiger partial charge in [-0.25, -0.2) is 0 Å². The van der Waals surface area contributed by atoms with Crippen LogP contribution in [0.5, 0.6) is 0 Å². The number of amides is 1. The molecule has 27 heavy (non-hydrogen) atoms. The minimum absolute atomic E-state index is 0.285. The van der Waals surface area contributed by atoms with Crippen molar-refractivity contribution in [1.29, 1.82) is 0 Å². The van der Waals surface area contributed by atoms with E-state index in [1.807, 2.05) is 0 Å². The Morgan fingerprint density at radius 3 is 2.33 bits per heavy atom. The van der Waals surface area contributed by atoms with Crippen LogP contribution in [-0.2, 0) is 6.18 Å². The van der Waals surface area contributed by atoms with Crippen LogP contribution in [0.4, 0.5) is 13.2 Å². The van der Waals surface area contributed by atoms with Gasteiger partial charge < -0.3 is 15.4 Å². The number of halogens is 3. The van der Waals surface area contributed by atoms with Gasteiger partial charge in [0, 0.05) is 30.6 Å². The Labute approximate surface area is 155 Å². The molecule has 0 fully saturated rings. The molecular weight excluding hydrogens is 361 g/mol. The fourth-order valence-corrected chi connectivity index (χ4v) is 2.58. The van der Waals surface area contributed by atoms with Gasteiger partial charge in [0.25, 0.3) is 5.91 Å². The molecule has 0 saturated carbocycles. The minimum Gasteiger partial charge on any atom is -0.336 e. The van der Waals surface area contributed by atoms with Crippen LogP contribution in [0.25, 0.3) is 11.1 Å². The number of likely N-dealkylation sites (N-methyl/N-ethyl adjacent to an activating group) is 2. The smallest absolute Gasteiger partial charge is 0.336 e. The number of nitrogens with zero attached hydrogens (tertiary/aromatic N) is 2. The third kappa shape index (κ3) is 4.82. The van der Waals surface area contributed by atoms with Crippen molar-refractivity contribution in [3.8, 4) is 11.1 Å². The SMILES string of the molecule is CNC(NO)C(C)N(C)C(=O)c1ccc(-c2cncc(C(F)(F)F)c2)cc1. The van der Waals surface area contributed by atoms with Gasteiger partial charge in [0.2, 0.25) is 0 Å². The average molecular weight is 382 g/mol. The molecule has 9 heteroatoms. The lowest BCUT2D eigenvalue weighted by Crippen LogP contribution is -2.54. The van der Waals surface area contributed by atoms with Gasteiger partial charge in [-0.15, -0.1) is 0 Å². The Morgan fingerprint density at radius 1 is 1.19 bits per heavy atom. The van der Waals surface area contributed by atoms with E-state index in [9.17, 15) is 18.0 Å². The highest BCUT2D eigenvalue weighted by atomic mass is 19.4. The van der Waals surface area contributed by atoms with Crippen molar-refractivity contribution in [3.05, 3.63) is 53.9 Å². The van der Waals surface area contributed by atoms with Crippen molar-refractivity contribution in [2.45, 2.75) is 25.3 Å². The van der Waals surface area contributed by atoms with Crippen LogP contribution in [0.3, 0.4) is 0 Å². The van der Waals surface area contributed by atoms with Gasteiger partial charge in [0.1, 0.15) is 6.17 Å². The first kappa shape index (κ1) is 20.8. The third-order valence-corrected chi connectivity index (χ3v) is 4.39. The van der Waals surface area contributed by atoms with Crippen molar-refractivity contribution in [2.24, 2.45) is 0 Å². The highest BCUT2D eigenvalue weighted by molar-refractivity contribution is 5.94. The molecule has 1 heterocycles. The second-order valence-corrected chi connectivity index (χ2v) is 6.09. The van der Waals surface area contributed by atoms with Crippen LogP contribution in [0, 0.1) is 0 Å². The van der Waals surface area contributed by atoms with Crippen molar-refractivity contribution >= 4 is 5.91 Å². The highest BCUT2D eigenvalue weighted by Crippen LogP contribution is 2.31. The predicted molar refractivity (Wildman–Crippen MR) is 94.0 cm³/mol. The molecule has 146 valence electrons. The zero-order chi connectivity index (χ0) is 20.2. The largest absolute Gasteiger partial charge is 0.417 e. The van der Waals surface area contributed by atoms with Gasteiger partial charge in [-0.2, -0.15) is 18.7 Å². The molecular formula is C18H21F3N4O2. The lowest BCUT2D eigenvalue weighted by atomic mass is 10.0. The highest BCUT2D eigenvalue weighted by Gasteiger charge is 2.31. The minimum atomic E-state index is -4.47. The number of carbonyl (C=O) groups is 1. The first-order valence-corrected chi connectivity index (χ1v) is 8.15. The number of carbonyl (C=O) groups excluding carboxylic acids is 1. The van der Waals surface area contributed by atoms with Gasteiger partial charge in [0.05, 0.1) is 11.6 Å². The van der Waals surface area contributed by atoms with E-state index in [2.05, 4.69) is 15.8 Å². The number of hydroxylamine groups is 1. The number of benzene rings is 1. The Balaban J connectivity index is 2.21. The topological polar surface area (TPSA) is 77.5 Å². The summed E-state index contributed by atoms with van der Waals surface area (Å²) >= 11 is 0. The van der Waals surface area contributed by atoms with Crippen molar-refractivity contribution in [1.82, 2.24) is 20.7 Å². The Bertz CT molecular complexity index is 777. The maximum absolute atomic E-state index is 12.8. The van der Waals surface area contributed by atoms with Gasteiger partial charge in [-0.1, -0.05) is 12.1 Å². The summed E-state index contributed by atoms with van der Waals surface area (Å²) in [6.07, 6.45) is -2.88. The summed E-state index contributed by atoms with van der Waals surface area (Å²) in [6.45, 7) is 1.75. The first-order valence-electron chi connectivity index (χ1n) is 8.15. The molecule has 0 spiro atoms. The fraction of sp³-hybridized carbons (Fsp3) is 0.333. The van der Waals surface area contributed by atoms with Crippen molar-refractivity contribution in [2.75, 3.05) is 14.1 Å². The fourth-order valence-electron chi connectivity index (χ4n) is 2.58. The van der Waals surface area contributed by atoms with Crippen molar-refractivity contribution in [3.63, 3.8) is 0 Å². The lowest BCUT2D eigenvalue weighted by molar-refractivity contribution is -0.137. The van der Waals surface area contributed by atoms with Gasteiger partial charge >= 0.3 is 6.18 Å². The summed E-state index contributed by atoms with van der Waals surface area (Å²) in [7, 11) is 3.24. The normalized spacial score (nSPS) is 13.9. The zero-order valence-electron chi connectivity index (χ0n) is 15.1. The second kappa shape index (κ2) is 8.47. The molecule has 2 atom stereocenters. The molecule has 6 nitrogen and oxygen atoms in total. The predicted octanol–water partition coefficient (Wildman–Crippen LogP) is 2.75. The summed E-state index contributed by atoms with van der Waals surface area (Å²) in [5.74, 6) is -0.285. The van der Waals surface area contributed by atoms with E-state index in [0.717, 1.165) is 12.3 Å². The molecule has 1 amide bonds. The van der Waals surface area contributed by atoms with E-state index < -0.39 is 17.9 Å². The van der Waals surface area contributed by atoms with Gasteiger partial charge in [-0.05, 0) is 37.7 Å². The number of rotatable bonds is 6. The Hall–Kier alpha value is -2.49. The molecule has 1 aromatic carbocycles. The van der Waals surface area contributed by atoms with Crippen LogP contribution in [0.15, 0.2) is 42.7 Å². The molecule has 1 aromatic heterocycles. The van der Waals surface area contributed by atoms with Gasteiger partial charge in [0.15, 0.2) is 0 Å². The van der Waals surface area contributed by atoms with E-state index in [1.165, 1.54) is 11.1 Å². The van der Waals surface area contributed by atoms with E-state index >= 15 is 0 Å². The molecule has 0 radical (unpaired) electrons. The van der Waals surface area contributed by atoms with Crippen LogP contribution in [-0.4, -0.2) is 47.3 Å². The average Bonchev–Trinajstić information content (AvgIpc) is 2.67. The summed E-state index contributed by atoms with van der Waals surface area (Å²) in [6, 6.07) is 6.89. The molecule has 2 rings (SSSR count). The first-order chi connectivity index (χ1) is 12.7. The molecule has 0 saturated heterocycles. The van der Waals surface area contributed by atoms with Crippen LogP contribution >= 0.6 is 0 Å². The van der Waals surface area contributed by atoms with Gasteiger partial charge in [-0.3, -0.25) is 9.78 Å². The maximum Gasteiger partial charge on any atom is 0.417 e. The number of hydrogen-bond donors (Lipinski definition) is 3. The molecule has 2 aromatic rings. The molecule has 0 bridgehead atoms. The number of aromatic nitrogens is 1. The van der Waals surface area contributed by atoms with Crippen LogP contribution in [0.1, 0.15) is 22.8 Å². The second-order valence-electron chi connectivity index (χ2n) is 6.09. The summed E-state index contributed by atoms with van der Waals surface area (Å²) in [5.41, 5.74) is 2.46. The van der Waals surface area contributed by atoms with Crippen molar-refractivity contribution < 1.29 is 23.2 Å². The standard InChI is InChI=1S/C18H21F3N4O2/c1-11(16(22-2)24-27)25(3)17(26)13-6-4-12(5-7-13)14-8-15(10-23-9-14)18(19,20)21/h4-11,16,22,24,27H,1-3H3. The maximum atomic E-state index is 12.8. The van der Waals surface area contributed by atoms with E-state index in [0.29, 0.717) is 16.7 Å². The molecule has 0 aliphatic carbocycles. The van der Waals surface area contributed by atoms with E-state index in [1.54, 1.807) is 45.3 Å². The molecule has 0 aliphatic rings. The molecule has 0 aliphatic heterocycles. The van der Waals surface area contributed by atoms with E-state index in [-0.39, 0.29) is 11.9 Å². The summed E-state index contributed by atoms with van der Waals surface area (Å²) < 4.78 is 38.5. The summed E-state index contributed by atoms with van der Waals surface area (Å²) in [5, 5.41) is 11.9. The van der Waals surface area contributed by atoms with Crippen LogP contribution in [0.2, 0.25) is 0 Å². The number of hydrogen-bond acceptors (Lipinski definition) is 5. The third-order valence-electron chi connectivity index (χ3n) is 4.39.